The van der Waals surface area contributed by atoms with E-state index in [1.165, 1.54) is 0 Å². The zero-order valence-corrected chi connectivity index (χ0v) is 20.1. The number of amides is 2. The van der Waals surface area contributed by atoms with Gasteiger partial charge in [0, 0.05) is 50.0 Å². The minimum atomic E-state index is -3.52. The third-order valence-corrected chi connectivity index (χ3v) is 8.90. The first kappa shape index (κ1) is 22.9. The summed E-state index contributed by atoms with van der Waals surface area (Å²) in [6.07, 6.45) is 3.60. The number of fused-ring (bicyclic) bond motifs is 1. The Morgan fingerprint density at radius 3 is 2.59 bits per heavy atom. The van der Waals surface area contributed by atoms with E-state index in [4.69, 9.17) is 4.74 Å². The Bertz CT molecular complexity index is 1220. The lowest BCUT2D eigenvalue weighted by Gasteiger charge is -2.26. The number of piperidine rings is 1. The highest BCUT2D eigenvalue weighted by Crippen LogP contribution is 2.35. The molecule has 0 N–H and O–H groups in total. The number of sulfonamides is 1. The van der Waals surface area contributed by atoms with E-state index >= 15 is 0 Å². The lowest BCUT2D eigenvalue weighted by molar-refractivity contribution is -0.124. The molecule has 2 saturated heterocycles. The van der Waals surface area contributed by atoms with Crippen molar-refractivity contribution < 1.29 is 22.7 Å². The van der Waals surface area contributed by atoms with Crippen LogP contribution in [0.5, 0.6) is 5.75 Å². The van der Waals surface area contributed by atoms with Crippen LogP contribution in [0.15, 0.2) is 47.4 Å². The average molecular weight is 484 g/mol. The maximum absolute atomic E-state index is 13.4. The predicted octanol–water partition coefficient (Wildman–Crippen LogP) is 2.81. The van der Waals surface area contributed by atoms with Crippen molar-refractivity contribution in [2.45, 2.75) is 37.0 Å². The van der Waals surface area contributed by atoms with Gasteiger partial charge in [0.25, 0.3) is 0 Å². The standard InChI is InChI=1S/C25H29N3O5S/c1-33-21-7-5-6-20(16-21)28-17-19(15-24(28)29)25(30)27-13-10-18-14-22(8-9-23(18)27)34(31,32)26-11-3-2-4-12-26/h5-9,14,16,19H,2-4,10-13,15,17H2,1H3. The minimum Gasteiger partial charge on any atom is -0.497 e. The van der Waals surface area contributed by atoms with Crippen molar-refractivity contribution in [3.05, 3.63) is 48.0 Å². The number of anilines is 2. The molecule has 180 valence electrons. The topological polar surface area (TPSA) is 87.2 Å². The number of carbonyl (C=O) groups excluding carboxylic acids is 2. The second-order valence-corrected chi connectivity index (χ2v) is 11.0. The lowest BCUT2D eigenvalue weighted by Crippen LogP contribution is -2.36. The first-order valence-electron chi connectivity index (χ1n) is 11.8. The maximum atomic E-state index is 13.4. The molecule has 1 unspecified atom stereocenters. The van der Waals surface area contributed by atoms with Gasteiger partial charge in [-0.2, -0.15) is 4.31 Å². The molecule has 3 heterocycles. The Hall–Kier alpha value is -2.91. The quantitative estimate of drug-likeness (QED) is 0.653. The van der Waals surface area contributed by atoms with E-state index in [9.17, 15) is 18.0 Å². The van der Waals surface area contributed by atoms with Gasteiger partial charge in [-0.25, -0.2) is 8.42 Å². The highest BCUT2D eigenvalue weighted by atomic mass is 32.2. The van der Waals surface area contributed by atoms with Gasteiger partial charge in [0.2, 0.25) is 21.8 Å². The zero-order chi connectivity index (χ0) is 23.9. The summed E-state index contributed by atoms with van der Waals surface area (Å²) in [6.45, 7) is 1.93. The molecule has 0 radical (unpaired) electrons. The fraction of sp³-hybridized carbons (Fsp3) is 0.440. The van der Waals surface area contributed by atoms with Gasteiger partial charge in [0.05, 0.1) is 17.9 Å². The molecule has 0 saturated carbocycles. The SMILES string of the molecule is COc1cccc(N2CC(C(=O)N3CCc4cc(S(=O)(=O)N5CCCCC5)ccc43)CC2=O)c1. The molecule has 9 heteroatoms. The third-order valence-electron chi connectivity index (χ3n) is 7.00. The van der Waals surface area contributed by atoms with E-state index in [1.54, 1.807) is 45.5 Å². The summed E-state index contributed by atoms with van der Waals surface area (Å²) in [5.74, 6) is 0.0309. The molecule has 0 aliphatic carbocycles. The zero-order valence-electron chi connectivity index (χ0n) is 19.3. The number of rotatable bonds is 5. The number of ether oxygens (including phenoxy) is 1. The van der Waals surface area contributed by atoms with Crippen molar-refractivity contribution in [1.82, 2.24) is 4.31 Å². The summed E-state index contributed by atoms with van der Waals surface area (Å²) in [6, 6.07) is 12.3. The van der Waals surface area contributed by atoms with Gasteiger partial charge in [-0.15, -0.1) is 0 Å². The largest absolute Gasteiger partial charge is 0.497 e. The van der Waals surface area contributed by atoms with Crippen molar-refractivity contribution in [1.29, 1.82) is 0 Å². The van der Waals surface area contributed by atoms with Crippen LogP contribution < -0.4 is 14.5 Å². The molecular formula is C25H29N3O5S. The Balaban J connectivity index is 1.33. The number of nitrogens with zero attached hydrogens (tertiary/aromatic N) is 3. The Morgan fingerprint density at radius 2 is 1.82 bits per heavy atom. The summed E-state index contributed by atoms with van der Waals surface area (Å²) < 4.78 is 32.9. The fourth-order valence-corrected chi connectivity index (χ4v) is 6.71. The van der Waals surface area contributed by atoms with E-state index in [0.717, 1.165) is 30.5 Å². The molecule has 2 aromatic rings. The van der Waals surface area contributed by atoms with Crippen molar-refractivity contribution in [3.63, 3.8) is 0 Å². The molecule has 0 aromatic heterocycles. The highest BCUT2D eigenvalue weighted by molar-refractivity contribution is 7.89. The molecule has 5 rings (SSSR count). The van der Waals surface area contributed by atoms with Crippen LogP contribution in [-0.2, 0) is 26.0 Å². The maximum Gasteiger partial charge on any atom is 0.243 e. The van der Waals surface area contributed by atoms with E-state index in [0.29, 0.717) is 48.9 Å². The van der Waals surface area contributed by atoms with Gasteiger partial charge in [0.1, 0.15) is 5.75 Å². The smallest absolute Gasteiger partial charge is 0.243 e. The molecule has 2 fully saturated rings. The second kappa shape index (κ2) is 9.03. The van der Waals surface area contributed by atoms with Crippen LogP contribution in [0.1, 0.15) is 31.2 Å². The van der Waals surface area contributed by atoms with Crippen LogP contribution in [0.4, 0.5) is 11.4 Å². The fourth-order valence-electron chi connectivity index (χ4n) is 5.14. The predicted molar refractivity (Wildman–Crippen MR) is 129 cm³/mol. The van der Waals surface area contributed by atoms with Crippen molar-refractivity contribution in [2.24, 2.45) is 5.92 Å². The minimum absolute atomic E-state index is 0.0889. The molecule has 1 atom stereocenters. The van der Waals surface area contributed by atoms with Crippen molar-refractivity contribution in [2.75, 3.05) is 43.1 Å². The Labute approximate surface area is 200 Å². The number of methoxy groups -OCH3 is 1. The van der Waals surface area contributed by atoms with E-state index < -0.39 is 15.9 Å². The van der Waals surface area contributed by atoms with E-state index in [-0.39, 0.29) is 18.2 Å². The van der Waals surface area contributed by atoms with Crippen molar-refractivity contribution >= 4 is 33.2 Å². The Kier molecular flexibility index (Phi) is 6.07. The molecule has 0 bridgehead atoms. The monoisotopic (exact) mass is 483 g/mol. The molecule has 34 heavy (non-hydrogen) atoms. The highest BCUT2D eigenvalue weighted by Gasteiger charge is 2.39. The number of benzene rings is 2. The van der Waals surface area contributed by atoms with Crippen LogP contribution in [0, 0.1) is 5.92 Å². The summed E-state index contributed by atoms with van der Waals surface area (Å²) in [5, 5.41) is 0. The molecular weight excluding hydrogens is 454 g/mol. The van der Waals surface area contributed by atoms with E-state index in [1.807, 2.05) is 18.2 Å². The second-order valence-electron chi connectivity index (χ2n) is 9.10. The molecule has 3 aliphatic rings. The molecule has 2 aromatic carbocycles. The van der Waals surface area contributed by atoms with Gasteiger partial charge in [0.15, 0.2) is 0 Å². The van der Waals surface area contributed by atoms with Crippen molar-refractivity contribution in [3.8, 4) is 5.75 Å². The summed E-state index contributed by atoms with van der Waals surface area (Å²) in [4.78, 5) is 29.7. The van der Waals surface area contributed by atoms with Crippen LogP contribution in [0.2, 0.25) is 0 Å². The normalized spacial score (nSPS) is 21.1. The summed E-state index contributed by atoms with van der Waals surface area (Å²) >= 11 is 0. The molecule has 3 aliphatic heterocycles. The van der Waals surface area contributed by atoms with Crippen LogP contribution in [0.3, 0.4) is 0 Å². The van der Waals surface area contributed by atoms with Gasteiger partial charge in [-0.1, -0.05) is 12.5 Å². The van der Waals surface area contributed by atoms with Gasteiger partial charge in [-0.3, -0.25) is 9.59 Å². The Morgan fingerprint density at radius 1 is 1.03 bits per heavy atom. The molecule has 8 nitrogen and oxygen atoms in total. The van der Waals surface area contributed by atoms with Gasteiger partial charge >= 0.3 is 0 Å². The van der Waals surface area contributed by atoms with Gasteiger partial charge in [-0.05, 0) is 55.2 Å². The van der Waals surface area contributed by atoms with Crippen LogP contribution >= 0.6 is 0 Å². The van der Waals surface area contributed by atoms with E-state index in [2.05, 4.69) is 0 Å². The molecule has 0 spiro atoms. The summed E-state index contributed by atoms with van der Waals surface area (Å²) in [5.41, 5.74) is 2.32. The lowest BCUT2D eigenvalue weighted by atomic mass is 10.1. The number of carbonyl (C=O) groups is 2. The number of hydrogen-bond donors (Lipinski definition) is 0. The average Bonchev–Trinajstić information content (AvgIpc) is 3.47. The van der Waals surface area contributed by atoms with Gasteiger partial charge < -0.3 is 14.5 Å². The first-order valence-corrected chi connectivity index (χ1v) is 13.2. The van der Waals surface area contributed by atoms with Crippen LogP contribution in [-0.4, -0.2) is 57.8 Å². The van der Waals surface area contributed by atoms with Crippen LogP contribution in [0.25, 0.3) is 0 Å². The number of hydrogen-bond acceptors (Lipinski definition) is 5. The first-order chi connectivity index (χ1) is 16.4. The molecule has 2 amide bonds. The summed E-state index contributed by atoms with van der Waals surface area (Å²) in [7, 11) is -1.95. The third kappa shape index (κ3) is 4.07.